The molecule has 5 aromatic rings. The standard InChI is InChI=1S/C23H13ClF2N4/c24-19-11-15(9-10-27-19)21-20(13-1-5-16(25)6-2-13)18-12-28-30-23(18)29-22(21)14-3-7-17(26)8-4-14/h1-12H,(H,28,29,30). The minimum atomic E-state index is -0.339. The van der Waals surface area contributed by atoms with Gasteiger partial charge in [0.2, 0.25) is 0 Å². The number of halogens is 3. The predicted octanol–water partition coefficient (Wildman–Crippen LogP) is 6.29. The van der Waals surface area contributed by atoms with Crippen molar-refractivity contribution in [1.29, 1.82) is 0 Å². The van der Waals surface area contributed by atoms with Crippen molar-refractivity contribution in [3.05, 3.63) is 89.8 Å². The lowest BCUT2D eigenvalue weighted by molar-refractivity contribution is 0.627. The molecule has 0 saturated carbocycles. The van der Waals surface area contributed by atoms with Crippen molar-refractivity contribution < 1.29 is 8.78 Å². The third kappa shape index (κ3) is 3.21. The second-order valence-electron chi connectivity index (χ2n) is 6.72. The van der Waals surface area contributed by atoms with Gasteiger partial charge in [0.15, 0.2) is 5.65 Å². The van der Waals surface area contributed by atoms with Crippen LogP contribution in [0.1, 0.15) is 0 Å². The Kier molecular flexibility index (Phi) is 4.48. The second-order valence-corrected chi connectivity index (χ2v) is 7.11. The molecule has 0 amide bonds. The number of fused-ring (bicyclic) bond motifs is 1. The summed E-state index contributed by atoms with van der Waals surface area (Å²) in [6.07, 6.45) is 3.29. The molecule has 0 bridgehead atoms. The van der Waals surface area contributed by atoms with Crippen LogP contribution >= 0.6 is 11.6 Å². The predicted molar refractivity (Wildman–Crippen MR) is 113 cm³/mol. The van der Waals surface area contributed by atoms with Gasteiger partial charge in [-0.05, 0) is 59.7 Å². The first-order valence-electron chi connectivity index (χ1n) is 9.11. The van der Waals surface area contributed by atoms with Gasteiger partial charge in [0.1, 0.15) is 16.8 Å². The highest BCUT2D eigenvalue weighted by Crippen LogP contribution is 2.43. The third-order valence-electron chi connectivity index (χ3n) is 4.86. The number of hydrogen-bond donors (Lipinski definition) is 1. The molecule has 0 radical (unpaired) electrons. The summed E-state index contributed by atoms with van der Waals surface area (Å²) >= 11 is 6.18. The van der Waals surface area contributed by atoms with Crippen LogP contribution in [0.25, 0.3) is 44.5 Å². The van der Waals surface area contributed by atoms with Crippen LogP contribution in [0, 0.1) is 11.6 Å². The minimum absolute atomic E-state index is 0.329. The van der Waals surface area contributed by atoms with Crippen LogP contribution in [0.2, 0.25) is 5.15 Å². The van der Waals surface area contributed by atoms with E-state index in [1.54, 1.807) is 42.7 Å². The lowest BCUT2D eigenvalue weighted by atomic mass is 9.90. The summed E-state index contributed by atoms with van der Waals surface area (Å²) in [4.78, 5) is 8.84. The molecule has 0 aliphatic carbocycles. The Hall–Kier alpha value is -3.64. The maximum atomic E-state index is 13.6. The second kappa shape index (κ2) is 7.31. The van der Waals surface area contributed by atoms with Crippen LogP contribution in [0.5, 0.6) is 0 Å². The van der Waals surface area contributed by atoms with E-state index in [-0.39, 0.29) is 11.6 Å². The van der Waals surface area contributed by atoms with Gasteiger partial charge in [0, 0.05) is 28.3 Å². The van der Waals surface area contributed by atoms with Crippen LogP contribution in [0.3, 0.4) is 0 Å². The van der Waals surface area contributed by atoms with Gasteiger partial charge >= 0.3 is 0 Å². The summed E-state index contributed by atoms with van der Waals surface area (Å²) in [6, 6.07) is 15.9. The Morgan fingerprint density at radius 1 is 0.767 bits per heavy atom. The number of rotatable bonds is 3. The molecule has 0 aliphatic rings. The monoisotopic (exact) mass is 418 g/mol. The maximum absolute atomic E-state index is 13.6. The van der Waals surface area contributed by atoms with Crippen LogP contribution in [-0.4, -0.2) is 20.2 Å². The van der Waals surface area contributed by atoms with Crippen molar-refractivity contribution >= 4 is 22.6 Å². The Bertz CT molecular complexity index is 1360. The Morgan fingerprint density at radius 3 is 2.10 bits per heavy atom. The zero-order valence-corrected chi connectivity index (χ0v) is 16.2. The molecule has 5 rings (SSSR count). The van der Waals surface area contributed by atoms with Gasteiger partial charge in [-0.3, -0.25) is 5.10 Å². The number of nitrogens with zero attached hydrogens (tertiary/aromatic N) is 3. The summed E-state index contributed by atoms with van der Waals surface area (Å²) in [5.41, 5.74) is 5.06. The molecule has 0 atom stereocenters. The molecule has 0 saturated heterocycles. The van der Waals surface area contributed by atoms with Crippen molar-refractivity contribution in [3.63, 3.8) is 0 Å². The fourth-order valence-corrected chi connectivity index (χ4v) is 3.71. The number of H-pyrrole nitrogens is 1. The molecule has 7 heteroatoms. The lowest BCUT2D eigenvalue weighted by Crippen LogP contribution is -1.96. The first-order chi connectivity index (χ1) is 14.6. The van der Waals surface area contributed by atoms with Crippen molar-refractivity contribution in [3.8, 4) is 33.5 Å². The maximum Gasteiger partial charge on any atom is 0.156 e. The van der Waals surface area contributed by atoms with Gasteiger partial charge in [-0.1, -0.05) is 23.7 Å². The minimum Gasteiger partial charge on any atom is -0.261 e. The summed E-state index contributed by atoms with van der Waals surface area (Å²) in [6.45, 7) is 0. The average Bonchev–Trinajstić information content (AvgIpc) is 3.22. The Balaban J connectivity index is 1.92. The molecular weight excluding hydrogens is 406 g/mol. The Labute approximate surface area is 175 Å². The van der Waals surface area contributed by atoms with E-state index in [9.17, 15) is 8.78 Å². The van der Waals surface area contributed by atoms with E-state index in [1.165, 1.54) is 24.3 Å². The van der Waals surface area contributed by atoms with Crippen molar-refractivity contribution in [2.75, 3.05) is 0 Å². The fraction of sp³-hybridized carbons (Fsp3) is 0. The van der Waals surface area contributed by atoms with E-state index in [0.29, 0.717) is 16.5 Å². The highest BCUT2D eigenvalue weighted by Gasteiger charge is 2.21. The number of aromatic amines is 1. The molecule has 2 aromatic carbocycles. The quantitative estimate of drug-likeness (QED) is 0.350. The zero-order chi connectivity index (χ0) is 20.7. The van der Waals surface area contributed by atoms with Crippen molar-refractivity contribution in [2.45, 2.75) is 0 Å². The van der Waals surface area contributed by atoms with E-state index in [4.69, 9.17) is 16.6 Å². The number of aromatic nitrogens is 4. The zero-order valence-electron chi connectivity index (χ0n) is 15.4. The molecule has 0 fully saturated rings. The van der Waals surface area contributed by atoms with Crippen LogP contribution < -0.4 is 0 Å². The van der Waals surface area contributed by atoms with Crippen LogP contribution in [-0.2, 0) is 0 Å². The first kappa shape index (κ1) is 18.4. The smallest absolute Gasteiger partial charge is 0.156 e. The molecule has 4 nitrogen and oxygen atoms in total. The SMILES string of the molecule is Fc1ccc(-c2nc3[nH]ncc3c(-c3ccc(F)cc3)c2-c2ccnc(Cl)c2)cc1. The van der Waals surface area contributed by atoms with E-state index in [2.05, 4.69) is 15.2 Å². The number of nitrogens with one attached hydrogen (secondary N) is 1. The molecule has 0 unspecified atom stereocenters. The van der Waals surface area contributed by atoms with Gasteiger partial charge < -0.3 is 0 Å². The van der Waals surface area contributed by atoms with Gasteiger partial charge in [-0.2, -0.15) is 5.10 Å². The van der Waals surface area contributed by atoms with Crippen LogP contribution in [0.15, 0.2) is 73.1 Å². The van der Waals surface area contributed by atoms with Crippen LogP contribution in [0.4, 0.5) is 8.78 Å². The number of pyridine rings is 2. The van der Waals surface area contributed by atoms with E-state index in [1.807, 2.05) is 6.07 Å². The van der Waals surface area contributed by atoms with Crippen molar-refractivity contribution in [2.24, 2.45) is 0 Å². The van der Waals surface area contributed by atoms with Gasteiger partial charge in [0.25, 0.3) is 0 Å². The summed E-state index contributed by atoms with van der Waals surface area (Å²) in [7, 11) is 0. The molecule has 0 aliphatic heterocycles. The fourth-order valence-electron chi connectivity index (χ4n) is 3.54. The summed E-state index contributed by atoms with van der Waals surface area (Å²) in [5, 5.41) is 8.15. The molecule has 1 N–H and O–H groups in total. The highest BCUT2D eigenvalue weighted by atomic mass is 35.5. The highest BCUT2D eigenvalue weighted by molar-refractivity contribution is 6.29. The molecule has 30 heavy (non-hydrogen) atoms. The van der Waals surface area contributed by atoms with Gasteiger partial charge in [0.05, 0.1) is 11.9 Å². The van der Waals surface area contributed by atoms with Gasteiger partial charge in [-0.15, -0.1) is 0 Å². The summed E-state index contributed by atoms with van der Waals surface area (Å²) in [5.74, 6) is -0.669. The molecular formula is C23H13ClF2N4. The number of benzene rings is 2. The molecule has 3 aromatic heterocycles. The molecule has 3 heterocycles. The van der Waals surface area contributed by atoms with E-state index in [0.717, 1.165) is 33.2 Å². The van der Waals surface area contributed by atoms with E-state index < -0.39 is 0 Å². The molecule has 0 spiro atoms. The lowest BCUT2D eigenvalue weighted by Gasteiger charge is -2.16. The first-order valence-corrected chi connectivity index (χ1v) is 9.49. The molecule has 146 valence electrons. The third-order valence-corrected chi connectivity index (χ3v) is 5.07. The largest absolute Gasteiger partial charge is 0.261 e. The van der Waals surface area contributed by atoms with Gasteiger partial charge in [-0.25, -0.2) is 18.7 Å². The summed E-state index contributed by atoms with van der Waals surface area (Å²) < 4.78 is 27.2. The number of hydrogen-bond acceptors (Lipinski definition) is 3. The Morgan fingerprint density at radius 2 is 1.43 bits per heavy atom. The van der Waals surface area contributed by atoms with Crippen molar-refractivity contribution in [1.82, 2.24) is 20.2 Å². The average molecular weight is 419 g/mol. The van der Waals surface area contributed by atoms with E-state index >= 15 is 0 Å². The topological polar surface area (TPSA) is 54.5 Å². The normalized spacial score (nSPS) is 11.2.